The zero-order chi connectivity index (χ0) is 13.0. The summed E-state index contributed by atoms with van der Waals surface area (Å²) < 4.78 is 4.61. The number of ether oxygens (including phenoxy) is 1. The molecule has 17 heavy (non-hydrogen) atoms. The van der Waals surface area contributed by atoms with Gasteiger partial charge in [-0.05, 0) is 5.92 Å². The van der Waals surface area contributed by atoms with Gasteiger partial charge >= 0.3 is 5.97 Å². The zero-order valence-electron chi connectivity index (χ0n) is 9.98. The van der Waals surface area contributed by atoms with E-state index in [0.29, 0.717) is 0 Å². The predicted molar refractivity (Wildman–Crippen MR) is 61.1 cm³/mol. The number of nitrogen functional groups attached to an aromatic ring is 1. The number of aromatic nitrogens is 2. The number of methoxy groups -OCH3 is 1. The molecule has 94 valence electrons. The molecule has 1 atom stereocenters. The molecule has 0 bridgehead atoms. The third kappa shape index (κ3) is 2.96. The summed E-state index contributed by atoms with van der Waals surface area (Å²) in [7, 11) is 1.27. The van der Waals surface area contributed by atoms with Gasteiger partial charge in [-0.3, -0.25) is 9.89 Å². The molecule has 0 fully saturated rings. The Morgan fingerprint density at radius 3 is 2.59 bits per heavy atom. The maximum atomic E-state index is 11.8. The Hall–Kier alpha value is -2.05. The van der Waals surface area contributed by atoms with Gasteiger partial charge in [0.2, 0.25) is 0 Å². The number of nitrogens with zero attached hydrogens (tertiary/aromatic N) is 1. The molecule has 7 heteroatoms. The lowest BCUT2D eigenvalue weighted by molar-refractivity contribution is -0.144. The van der Waals surface area contributed by atoms with Gasteiger partial charge in [0.25, 0.3) is 5.91 Å². The number of hydrogen-bond donors (Lipinski definition) is 3. The Morgan fingerprint density at radius 1 is 1.53 bits per heavy atom. The Bertz CT molecular complexity index is 413. The highest BCUT2D eigenvalue weighted by Gasteiger charge is 2.26. The number of aromatic amines is 1. The largest absolute Gasteiger partial charge is 0.467 e. The lowest BCUT2D eigenvalue weighted by atomic mass is 10.0. The van der Waals surface area contributed by atoms with Crippen LogP contribution in [0.15, 0.2) is 6.20 Å². The number of nitrogens with one attached hydrogen (secondary N) is 2. The highest BCUT2D eigenvalue weighted by atomic mass is 16.5. The SMILES string of the molecule is COC(=O)C(NC(=O)c1[nH]ncc1N)C(C)C. The van der Waals surface area contributed by atoms with Gasteiger partial charge in [-0.1, -0.05) is 13.8 Å². The van der Waals surface area contributed by atoms with Crippen LogP contribution in [-0.4, -0.2) is 35.2 Å². The van der Waals surface area contributed by atoms with E-state index < -0.39 is 17.9 Å². The fraction of sp³-hybridized carbons (Fsp3) is 0.500. The summed E-state index contributed by atoms with van der Waals surface area (Å²) in [4.78, 5) is 23.2. The molecule has 0 aliphatic rings. The molecule has 0 spiro atoms. The molecule has 1 heterocycles. The van der Waals surface area contributed by atoms with E-state index in [9.17, 15) is 9.59 Å². The number of carbonyl (C=O) groups is 2. The van der Waals surface area contributed by atoms with Crippen molar-refractivity contribution in [2.24, 2.45) is 5.92 Å². The van der Waals surface area contributed by atoms with Crippen LogP contribution >= 0.6 is 0 Å². The second-order valence-corrected chi connectivity index (χ2v) is 3.92. The summed E-state index contributed by atoms with van der Waals surface area (Å²) in [5.74, 6) is -1.06. The van der Waals surface area contributed by atoms with Gasteiger partial charge in [0.15, 0.2) is 0 Å². The predicted octanol–water partition coefficient (Wildman–Crippen LogP) is -0.0807. The second kappa shape index (κ2) is 5.33. The highest BCUT2D eigenvalue weighted by Crippen LogP contribution is 2.09. The number of hydrogen-bond acceptors (Lipinski definition) is 5. The van der Waals surface area contributed by atoms with E-state index in [1.54, 1.807) is 13.8 Å². The molecule has 0 aliphatic carbocycles. The van der Waals surface area contributed by atoms with Crippen molar-refractivity contribution in [1.82, 2.24) is 15.5 Å². The van der Waals surface area contributed by atoms with Crippen molar-refractivity contribution >= 4 is 17.6 Å². The molecule has 4 N–H and O–H groups in total. The molecule has 1 amide bonds. The fourth-order valence-corrected chi connectivity index (χ4v) is 1.32. The van der Waals surface area contributed by atoms with Gasteiger partial charge in [-0.25, -0.2) is 4.79 Å². The molecule has 0 saturated heterocycles. The van der Waals surface area contributed by atoms with E-state index in [2.05, 4.69) is 20.3 Å². The first-order valence-corrected chi connectivity index (χ1v) is 5.15. The first kappa shape index (κ1) is 13.0. The third-order valence-electron chi connectivity index (χ3n) is 2.30. The Kier molecular flexibility index (Phi) is 4.08. The average Bonchev–Trinajstić information content (AvgIpc) is 2.70. The molecule has 1 unspecified atom stereocenters. The molecule has 7 nitrogen and oxygen atoms in total. The second-order valence-electron chi connectivity index (χ2n) is 3.92. The van der Waals surface area contributed by atoms with Gasteiger partial charge < -0.3 is 15.8 Å². The van der Waals surface area contributed by atoms with Crippen molar-refractivity contribution in [2.75, 3.05) is 12.8 Å². The molecule has 0 saturated carbocycles. The van der Waals surface area contributed by atoms with Gasteiger partial charge in [-0.2, -0.15) is 5.10 Å². The normalized spacial score (nSPS) is 12.2. The van der Waals surface area contributed by atoms with Crippen molar-refractivity contribution in [3.05, 3.63) is 11.9 Å². The molecule has 1 aromatic heterocycles. The van der Waals surface area contributed by atoms with Gasteiger partial charge in [0.1, 0.15) is 11.7 Å². The van der Waals surface area contributed by atoms with Crippen molar-refractivity contribution in [3.63, 3.8) is 0 Å². The first-order chi connectivity index (χ1) is 7.97. The lowest BCUT2D eigenvalue weighted by Crippen LogP contribution is -2.45. The van der Waals surface area contributed by atoms with Gasteiger partial charge in [0.05, 0.1) is 19.0 Å². The van der Waals surface area contributed by atoms with Crippen LogP contribution in [0.4, 0.5) is 5.69 Å². The van der Waals surface area contributed by atoms with Gasteiger partial charge in [-0.15, -0.1) is 0 Å². The Labute approximate surface area is 98.7 Å². The number of rotatable bonds is 4. The topological polar surface area (TPSA) is 110 Å². The summed E-state index contributed by atoms with van der Waals surface area (Å²) in [6.45, 7) is 3.61. The number of nitrogens with two attached hydrogens (primary N) is 1. The van der Waals surface area contributed by atoms with Crippen LogP contribution in [0.2, 0.25) is 0 Å². The van der Waals surface area contributed by atoms with E-state index in [1.807, 2.05) is 0 Å². The van der Waals surface area contributed by atoms with E-state index in [-0.39, 0.29) is 17.3 Å². The first-order valence-electron chi connectivity index (χ1n) is 5.15. The number of H-pyrrole nitrogens is 1. The summed E-state index contributed by atoms with van der Waals surface area (Å²) in [6, 6.07) is -0.713. The maximum absolute atomic E-state index is 11.8. The standard InChI is InChI=1S/C10H16N4O3/c1-5(2)7(10(16)17-3)13-9(15)8-6(11)4-12-14-8/h4-5,7H,11H2,1-3H3,(H,12,14)(H,13,15). The molecule has 1 aromatic rings. The minimum absolute atomic E-state index is 0.0875. The van der Waals surface area contributed by atoms with E-state index in [0.717, 1.165) is 0 Å². The van der Waals surface area contributed by atoms with Crippen LogP contribution in [0.25, 0.3) is 0 Å². The van der Waals surface area contributed by atoms with Crippen LogP contribution in [0.1, 0.15) is 24.3 Å². The molecular formula is C10H16N4O3. The van der Waals surface area contributed by atoms with Crippen LogP contribution in [0, 0.1) is 5.92 Å². The molecule has 0 aromatic carbocycles. The number of esters is 1. The van der Waals surface area contributed by atoms with Crippen molar-refractivity contribution in [1.29, 1.82) is 0 Å². The van der Waals surface area contributed by atoms with Crippen LogP contribution in [0.3, 0.4) is 0 Å². The third-order valence-corrected chi connectivity index (χ3v) is 2.30. The minimum Gasteiger partial charge on any atom is -0.467 e. The number of amides is 1. The zero-order valence-corrected chi connectivity index (χ0v) is 9.98. The quantitative estimate of drug-likeness (QED) is 0.637. The summed E-state index contributed by atoms with van der Waals surface area (Å²) in [6.07, 6.45) is 1.33. The molecule has 0 radical (unpaired) electrons. The average molecular weight is 240 g/mol. The van der Waals surface area contributed by atoms with Gasteiger partial charge in [0, 0.05) is 0 Å². The molecule has 0 aliphatic heterocycles. The van der Waals surface area contributed by atoms with Crippen LogP contribution < -0.4 is 11.1 Å². The summed E-state index contributed by atoms with van der Waals surface area (Å²) >= 11 is 0. The summed E-state index contributed by atoms with van der Waals surface area (Å²) in [5, 5.41) is 8.65. The Morgan fingerprint density at radius 2 is 2.18 bits per heavy atom. The van der Waals surface area contributed by atoms with Crippen molar-refractivity contribution in [2.45, 2.75) is 19.9 Å². The monoisotopic (exact) mass is 240 g/mol. The molecule has 1 rings (SSSR count). The minimum atomic E-state index is -0.713. The van der Waals surface area contributed by atoms with Crippen LogP contribution in [0.5, 0.6) is 0 Å². The van der Waals surface area contributed by atoms with E-state index in [1.165, 1.54) is 13.3 Å². The van der Waals surface area contributed by atoms with Crippen LogP contribution in [-0.2, 0) is 9.53 Å². The number of carbonyl (C=O) groups excluding carboxylic acids is 2. The smallest absolute Gasteiger partial charge is 0.328 e. The fourth-order valence-electron chi connectivity index (χ4n) is 1.32. The number of anilines is 1. The maximum Gasteiger partial charge on any atom is 0.328 e. The molecular weight excluding hydrogens is 224 g/mol. The van der Waals surface area contributed by atoms with Crippen molar-refractivity contribution < 1.29 is 14.3 Å². The lowest BCUT2D eigenvalue weighted by Gasteiger charge is -2.19. The summed E-state index contributed by atoms with van der Waals surface area (Å²) in [5.41, 5.74) is 5.90. The Balaban J connectivity index is 2.78. The van der Waals surface area contributed by atoms with E-state index in [4.69, 9.17) is 5.73 Å². The van der Waals surface area contributed by atoms with E-state index >= 15 is 0 Å². The highest BCUT2D eigenvalue weighted by molar-refractivity contribution is 5.99. The van der Waals surface area contributed by atoms with Crippen molar-refractivity contribution in [3.8, 4) is 0 Å².